The number of aryl methyl sites for hydroxylation is 1. The Morgan fingerprint density at radius 2 is 1.72 bits per heavy atom. The van der Waals surface area contributed by atoms with Crippen LogP contribution in [0.15, 0.2) is 83.8 Å². The predicted octanol–water partition coefficient (Wildman–Crippen LogP) is 4.38. The van der Waals surface area contributed by atoms with Crippen molar-refractivity contribution in [1.82, 2.24) is 5.32 Å². The summed E-state index contributed by atoms with van der Waals surface area (Å²) in [6.07, 6.45) is 0. The maximum Gasteiger partial charge on any atom is 0.264 e. The summed E-state index contributed by atoms with van der Waals surface area (Å²) in [5, 5.41) is 2.76. The minimum absolute atomic E-state index is 0.120. The van der Waals surface area contributed by atoms with Gasteiger partial charge in [-0.3, -0.25) is 9.10 Å². The smallest absolute Gasteiger partial charge is 0.264 e. The molecule has 0 bridgehead atoms. The number of anilines is 1. The highest BCUT2D eigenvalue weighted by Crippen LogP contribution is 2.24. The number of nitrogens with one attached hydrogen (secondary N) is 1. The first-order chi connectivity index (χ1) is 15.4. The van der Waals surface area contributed by atoms with Crippen molar-refractivity contribution in [3.8, 4) is 0 Å². The molecular formula is C24H25FN2O3S2. The highest BCUT2D eigenvalue weighted by molar-refractivity contribution is 7.98. The summed E-state index contributed by atoms with van der Waals surface area (Å²) in [7, 11) is -3.92. The number of benzene rings is 3. The lowest BCUT2D eigenvalue weighted by molar-refractivity contribution is -0.119. The molecular weight excluding hydrogens is 447 g/mol. The molecule has 0 spiro atoms. The van der Waals surface area contributed by atoms with Gasteiger partial charge in [0.25, 0.3) is 10.0 Å². The Balaban J connectivity index is 1.63. The average molecular weight is 473 g/mol. The van der Waals surface area contributed by atoms with Crippen LogP contribution >= 0.6 is 11.8 Å². The average Bonchev–Trinajstić information content (AvgIpc) is 2.79. The zero-order valence-corrected chi connectivity index (χ0v) is 19.3. The lowest BCUT2D eigenvalue weighted by Gasteiger charge is -2.24. The first-order valence-corrected chi connectivity index (χ1v) is 12.7. The second-order valence-corrected chi connectivity index (χ2v) is 10.1. The molecule has 0 radical (unpaired) electrons. The van der Waals surface area contributed by atoms with E-state index in [2.05, 4.69) is 5.32 Å². The van der Waals surface area contributed by atoms with E-state index in [1.54, 1.807) is 54.6 Å². The van der Waals surface area contributed by atoms with Crippen LogP contribution in [-0.4, -0.2) is 33.2 Å². The molecule has 32 heavy (non-hydrogen) atoms. The molecule has 8 heteroatoms. The molecule has 0 saturated heterocycles. The SMILES string of the molecule is Cc1cccc(N(CC(=O)NCCSCc2ccccc2F)S(=O)(=O)c2ccccc2)c1. The van der Waals surface area contributed by atoms with E-state index in [-0.39, 0.29) is 17.3 Å². The number of carbonyl (C=O) groups excluding carboxylic acids is 1. The molecule has 0 aliphatic heterocycles. The Morgan fingerprint density at radius 1 is 1.00 bits per heavy atom. The number of amides is 1. The molecule has 0 unspecified atom stereocenters. The molecule has 3 aromatic rings. The molecule has 0 aliphatic rings. The van der Waals surface area contributed by atoms with Crippen molar-refractivity contribution in [2.75, 3.05) is 23.1 Å². The third-order valence-corrected chi connectivity index (χ3v) is 7.49. The second kappa shape index (κ2) is 11.2. The standard InChI is InChI=1S/C24H25FN2O3S2/c1-19-8-7-10-21(16-19)27(32(29,30)22-11-3-2-4-12-22)17-24(28)26-14-15-31-18-20-9-5-6-13-23(20)25/h2-13,16H,14-15,17-18H2,1H3,(H,26,28). The van der Waals surface area contributed by atoms with E-state index in [1.807, 2.05) is 13.0 Å². The third-order valence-electron chi connectivity index (χ3n) is 4.69. The van der Waals surface area contributed by atoms with Gasteiger partial charge < -0.3 is 5.32 Å². The monoisotopic (exact) mass is 472 g/mol. The summed E-state index contributed by atoms with van der Waals surface area (Å²) < 4.78 is 41.3. The van der Waals surface area contributed by atoms with E-state index in [9.17, 15) is 17.6 Å². The maximum atomic E-state index is 13.7. The van der Waals surface area contributed by atoms with E-state index in [0.29, 0.717) is 29.3 Å². The van der Waals surface area contributed by atoms with Gasteiger partial charge in [-0.05, 0) is 48.4 Å². The van der Waals surface area contributed by atoms with Crippen LogP contribution in [0.25, 0.3) is 0 Å². The fourth-order valence-corrected chi connectivity index (χ4v) is 5.34. The number of hydrogen-bond acceptors (Lipinski definition) is 4. The van der Waals surface area contributed by atoms with E-state index in [1.165, 1.54) is 30.0 Å². The lowest BCUT2D eigenvalue weighted by atomic mass is 10.2. The number of hydrogen-bond donors (Lipinski definition) is 1. The van der Waals surface area contributed by atoms with E-state index >= 15 is 0 Å². The molecule has 0 fully saturated rings. The van der Waals surface area contributed by atoms with Crippen LogP contribution in [0.4, 0.5) is 10.1 Å². The number of rotatable bonds is 10. The van der Waals surface area contributed by atoms with Gasteiger partial charge in [0.2, 0.25) is 5.91 Å². The molecule has 0 heterocycles. The van der Waals surface area contributed by atoms with Gasteiger partial charge in [-0.25, -0.2) is 12.8 Å². The van der Waals surface area contributed by atoms with Crippen LogP contribution in [0.1, 0.15) is 11.1 Å². The van der Waals surface area contributed by atoms with Crippen molar-refractivity contribution in [3.63, 3.8) is 0 Å². The molecule has 3 rings (SSSR count). The fourth-order valence-electron chi connectivity index (χ4n) is 3.06. The number of thioether (sulfide) groups is 1. The van der Waals surface area contributed by atoms with Gasteiger partial charge in [0.15, 0.2) is 0 Å². The summed E-state index contributed by atoms with van der Waals surface area (Å²) in [6, 6.07) is 21.7. The summed E-state index contributed by atoms with van der Waals surface area (Å²) in [6.45, 7) is 1.88. The fraction of sp³-hybridized carbons (Fsp3) is 0.208. The summed E-state index contributed by atoms with van der Waals surface area (Å²) in [5.74, 6) is 0.428. The van der Waals surface area contributed by atoms with E-state index < -0.39 is 15.9 Å². The first kappa shape index (κ1) is 23.8. The van der Waals surface area contributed by atoms with Gasteiger partial charge in [-0.15, -0.1) is 0 Å². The number of carbonyl (C=O) groups is 1. The zero-order chi connectivity index (χ0) is 23.0. The Kier molecular flexibility index (Phi) is 8.30. The summed E-state index contributed by atoms with van der Waals surface area (Å²) >= 11 is 1.50. The lowest BCUT2D eigenvalue weighted by Crippen LogP contribution is -2.41. The first-order valence-electron chi connectivity index (χ1n) is 10.1. The maximum absolute atomic E-state index is 13.7. The van der Waals surface area contributed by atoms with Crippen molar-refractivity contribution in [3.05, 3.63) is 95.8 Å². The largest absolute Gasteiger partial charge is 0.354 e. The molecule has 3 aromatic carbocycles. The van der Waals surface area contributed by atoms with Crippen LogP contribution in [-0.2, 0) is 20.6 Å². The Bertz CT molecular complexity index is 1150. The molecule has 5 nitrogen and oxygen atoms in total. The highest BCUT2D eigenvalue weighted by atomic mass is 32.2. The van der Waals surface area contributed by atoms with Crippen LogP contribution in [0.2, 0.25) is 0 Å². The van der Waals surface area contributed by atoms with Crippen LogP contribution in [0, 0.1) is 12.7 Å². The molecule has 1 N–H and O–H groups in total. The van der Waals surface area contributed by atoms with Crippen molar-refractivity contribution < 1.29 is 17.6 Å². The number of sulfonamides is 1. The summed E-state index contributed by atoms with van der Waals surface area (Å²) in [4.78, 5) is 12.7. The normalized spacial score (nSPS) is 11.2. The molecule has 0 saturated carbocycles. The van der Waals surface area contributed by atoms with Crippen LogP contribution in [0.3, 0.4) is 0 Å². The minimum Gasteiger partial charge on any atom is -0.354 e. The highest BCUT2D eigenvalue weighted by Gasteiger charge is 2.27. The van der Waals surface area contributed by atoms with Gasteiger partial charge in [0.1, 0.15) is 12.4 Å². The van der Waals surface area contributed by atoms with Gasteiger partial charge >= 0.3 is 0 Å². The van der Waals surface area contributed by atoms with Gasteiger partial charge in [0.05, 0.1) is 10.6 Å². The van der Waals surface area contributed by atoms with E-state index in [0.717, 1.165) is 9.87 Å². The molecule has 168 valence electrons. The topological polar surface area (TPSA) is 66.5 Å². The quantitative estimate of drug-likeness (QED) is 0.445. The predicted molar refractivity (Wildman–Crippen MR) is 128 cm³/mol. The summed E-state index contributed by atoms with van der Waals surface area (Å²) in [5.41, 5.74) is 1.93. The molecule has 0 aliphatic carbocycles. The Labute approximate surface area is 192 Å². The zero-order valence-electron chi connectivity index (χ0n) is 17.7. The Hall–Kier alpha value is -2.84. The second-order valence-electron chi connectivity index (χ2n) is 7.16. The van der Waals surface area contributed by atoms with Crippen molar-refractivity contribution >= 4 is 33.4 Å². The van der Waals surface area contributed by atoms with Crippen molar-refractivity contribution in [2.45, 2.75) is 17.6 Å². The third kappa shape index (κ3) is 6.34. The van der Waals surface area contributed by atoms with Crippen LogP contribution in [0.5, 0.6) is 0 Å². The molecule has 1 amide bonds. The molecule has 0 atom stereocenters. The number of halogens is 1. The van der Waals surface area contributed by atoms with Crippen molar-refractivity contribution in [1.29, 1.82) is 0 Å². The molecule has 0 aromatic heterocycles. The van der Waals surface area contributed by atoms with Crippen LogP contribution < -0.4 is 9.62 Å². The van der Waals surface area contributed by atoms with Gasteiger partial charge in [0, 0.05) is 18.1 Å². The van der Waals surface area contributed by atoms with Gasteiger partial charge in [-0.1, -0.05) is 48.5 Å². The Morgan fingerprint density at radius 3 is 2.44 bits per heavy atom. The van der Waals surface area contributed by atoms with Gasteiger partial charge in [-0.2, -0.15) is 11.8 Å². The van der Waals surface area contributed by atoms with E-state index in [4.69, 9.17) is 0 Å². The number of nitrogens with zero attached hydrogens (tertiary/aromatic N) is 1. The minimum atomic E-state index is -3.92. The van der Waals surface area contributed by atoms with Crippen molar-refractivity contribution in [2.24, 2.45) is 0 Å².